The van der Waals surface area contributed by atoms with E-state index in [9.17, 15) is 8.42 Å². The zero-order valence-corrected chi connectivity index (χ0v) is 12.1. The van der Waals surface area contributed by atoms with Crippen molar-refractivity contribution in [2.45, 2.75) is 51.1 Å². The van der Waals surface area contributed by atoms with Crippen LogP contribution in [0.2, 0.25) is 0 Å². The molecule has 4 nitrogen and oxygen atoms in total. The van der Waals surface area contributed by atoms with Gasteiger partial charge in [-0.3, -0.25) is 0 Å². The molecule has 0 amide bonds. The molecule has 0 aliphatic carbocycles. The number of hydrogen-bond donors (Lipinski definition) is 2. The Labute approximate surface area is 107 Å². The van der Waals surface area contributed by atoms with Crippen LogP contribution in [-0.2, 0) is 16.6 Å². The Kier molecular flexibility index (Phi) is 5.12. The van der Waals surface area contributed by atoms with E-state index in [0.29, 0.717) is 4.90 Å². The van der Waals surface area contributed by atoms with E-state index in [1.165, 1.54) is 11.3 Å². The molecule has 6 heteroatoms. The summed E-state index contributed by atoms with van der Waals surface area (Å²) < 4.78 is 27.1. The summed E-state index contributed by atoms with van der Waals surface area (Å²) in [5.74, 6) is 0. The average molecular weight is 276 g/mol. The molecule has 1 rings (SSSR count). The normalized spacial score (nSPS) is 13.9. The summed E-state index contributed by atoms with van der Waals surface area (Å²) in [6.45, 7) is 5.97. The molecule has 0 saturated carbocycles. The van der Waals surface area contributed by atoms with Crippen molar-refractivity contribution in [3.05, 3.63) is 15.8 Å². The van der Waals surface area contributed by atoms with Crippen LogP contribution in [0.5, 0.6) is 0 Å². The molecule has 0 aliphatic heterocycles. The fraction of sp³-hybridized carbons (Fsp3) is 0.636. The highest BCUT2D eigenvalue weighted by Gasteiger charge is 2.23. The van der Waals surface area contributed by atoms with Crippen molar-refractivity contribution in [1.82, 2.24) is 4.72 Å². The molecular formula is C11H20N2O2S2. The third-order valence-electron chi connectivity index (χ3n) is 2.52. The van der Waals surface area contributed by atoms with Crippen molar-refractivity contribution in [2.24, 2.45) is 5.73 Å². The summed E-state index contributed by atoms with van der Waals surface area (Å²) in [7, 11) is -3.43. The van der Waals surface area contributed by atoms with E-state index in [0.717, 1.165) is 23.3 Å². The van der Waals surface area contributed by atoms with E-state index in [2.05, 4.69) is 4.72 Å². The van der Waals surface area contributed by atoms with Crippen molar-refractivity contribution < 1.29 is 8.42 Å². The zero-order chi connectivity index (χ0) is 13.1. The molecule has 98 valence electrons. The van der Waals surface area contributed by atoms with Gasteiger partial charge in [0, 0.05) is 17.5 Å². The van der Waals surface area contributed by atoms with Crippen molar-refractivity contribution in [3.63, 3.8) is 0 Å². The molecule has 1 unspecified atom stereocenters. The van der Waals surface area contributed by atoms with Crippen LogP contribution in [0.1, 0.15) is 37.1 Å². The monoisotopic (exact) mass is 276 g/mol. The van der Waals surface area contributed by atoms with Crippen molar-refractivity contribution in [3.8, 4) is 0 Å². The van der Waals surface area contributed by atoms with Gasteiger partial charge in [0.25, 0.3) is 0 Å². The van der Waals surface area contributed by atoms with Gasteiger partial charge < -0.3 is 5.73 Å². The highest BCUT2D eigenvalue weighted by molar-refractivity contribution is 7.89. The third-order valence-corrected chi connectivity index (χ3v) is 5.60. The maximum absolute atomic E-state index is 12.2. The number of nitrogens with two attached hydrogens (primary N) is 1. The number of aryl methyl sites for hydroxylation is 1. The number of rotatable bonds is 6. The Morgan fingerprint density at radius 3 is 2.71 bits per heavy atom. The van der Waals surface area contributed by atoms with Gasteiger partial charge in [0.05, 0.1) is 0 Å². The van der Waals surface area contributed by atoms with Gasteiger partial charge in [0.1, 0.15) is 4.90 Å². The Morgan fingerprint density at radius 2 is 2.18 bits per heavy atom. The summed E-state index contributed by atoms with van der Waals surface area (Å²) in [6, 6.07) is -0.0464. The molecule has 0 saturated heterocycles. The molecule has 1 aromatic rings. The van der Waals surface area contributed by atoms with Crippen LogP contribution in [0, 0.1) is 6.92 Å². The van der Waals surface area contributed by atoms with Crippen molar-refractivity contribution in [1.29, 1.82) is 0 Å². The van der Waals surface area contributed by atoms with Crippen LogP contribution in [0.4, 0.5) is 0 Å². The molecular weight excluding hydrogens is 256 g/mol. The minimum atomic E-state index is -3.43. The minimum absolute atomic E-state index is 0.0464. The zero-order valence-electron chi connectivity index (χ0n) is 10.5. The van der Waals surface area contributed by atoms with E-state index in [4.69, 9.17) is 5.73 Å². The summed E-state index contributed by atoms with van der Waals surface area (Å²) in [5, 5.41) is 1.83. The fourth-order valence-electron chi connectivity index (χ4n) is 1.80. The second-order valence-electron chi connectivity index (χ2n) is 4.19. The maximum atomic E-state index is 12.2. The van der Waals surface area contributed by atoms with Crippen molar-refractivity contribution in [2.75, 3.05) is 0 Å². The number of nitrogens with one attached hydrogen (secondary N) is 1. The standard InChI is InChI=1S/C11H20N2O2S2/c1-4-5-9(3)13-17(14,15)11-8(2)7-16-10(11)6-12/h7,9,13H,4-6,12H2,1-3H3. The molecule has 1 heterocycles. The van der Waals surface area contributed by atoms with Crippen LogP contribution in [0.3, 0.4) is 0 Å². The number of hydrogen-bond acceptors (Lipinski definition) is 4. The fourth-order valence-corrected chi connectivity index (χ4v) is 4.79. The lowest BCUT2D eigenvalue weighted by Crippen LogP contribution is -2.33. The van der Waals surface area contributed by atoms with Gasteiger partial charge in [-0.05, 0) is 31.2 Å². The van der Waals surface area contributed by atoms with E-state index in [1.807, 2.05) is 19.2 Å². The molecule has 17 heavy (non-hydrogen) atoms. The molecule has 0 aromatic carbocycles. The first-order valence-corrected chi connectivity index (χ1v) is 8.08. The molecule has 0 bridgehead atoms. The Bertz CT molecular complexity index is 466. The van der Waals surface area contributed by atoms with E-state index in [1.54, 1.807) is 6.92 Å². The summed E-state index contributed by atoms with van der Waals surface area (Å²) in [6.07, 6.45) is 1.79. The van der Waals surface area contributed by atoms with Crippen LogP contribution in [-0.4, -0.2) is 14.5 Å². The van der Waals surface area contributed by atoms with Gasteiger partial charge in [-0.25, -0.2) is 13.1 Å². The molecule has 1 aromatic heterocycles. The van der Waals surface area contributed by atoms with Gasteiger partial charge in [-0.15, -0.1) is 11.3 Å². The predicted octanol–water partition coefficient (Wildman–Crippen LogP) is 1.98. The molecule has 1 atom stereocenters. The maximum Gasteiger partial charge on any atom is 0.242 e. The lowest BCUT2D eigenvalue weighted by Gasteiger charge is -2.14. The van der Waals surface area contributed by atoms with Gasteiger partial charge in [-0.1, -0.05) is 13.3 Å². The first-order valence-electron chi connectivity index (χ1n) is 5.71. The SMILES string of the molecule is CCCC(C)NS(=O)(=O)c1c(C)csc1CN. The second-order valence-corrected chi connectivity index (χ2v) is 6.80. The highest BCUT2D eigenvalue weighted by atomic mass is 32.2. The third kappa shape index (κ3) is 3.51. The van der Waals surface area contributed by atoms with Gasteiger partial charge in [0.2, 0.25) is 10.0 Å². The smallest absolute Gasteiger partial charge is 0.242 e. The molecule has 0 fully saturated rings. The molecule has 3 N–H and O–H groups in total. The second kappa shape index (κ2) is 5.95. The number of sulfonamides is 1. The molecule has 0 spiro atoms. The topological polar surface area (TPSA) is 72.2 Å². The Hall–Kier alpha value is -0.430. The van der Waals surface area contributed by atoms with Crippen molar-refractivity contribution >= 4 is 21.4 Å². The summed E-state index contributed by atoms with van der Waals surface area (Å²) in [5.41, 5.74) is 6.34. The lowest BCUT2D eigenvalue weighted by atomic mass is 10.2. The van der Waals surface area contributed by atoms with Crippen LogP contribution >= 0.6 is 11.3 Å². The van der Waals surface area contributed by atoms with Crippen LogP contribution in [0.25, 0.3) is 0 Å². The van der Waals surface area contributed by atoms with E-state index in [-0.39, 0.29) is 12.6 Å². The van der Waals surface area contributed by atoms with E-state index >= 15 is 0 Å². The van der Waals surface area contributed by atoms with E-state index < -0.39 is 10.0 Å². The van der Waals surface area contributed by atoms with Gasteiger partial charge in [0.15, 0.2) is 0 Å². The highest BCUT2D eigenvalue weighted by Crippen LogP contribution is 2.26. The molecule has 0 radical (unpaired) electrons. The first-order chi connectivity index (χ1) is 7.92. The first kappa shape index (κ1) is 14.6. The summed E-state index contributed by atoms with van der Waals surface area (Å²) in [4.78, 5) is 1.09. The van der Waals surface area contributed by atoms with Gasteiger partial charge in [-0.2, -0.15) is 0 Å². The molecule has 0 aliphatic rings. The average Bonchev–Trinajstić information content (AvgIpc) is 2.59. The predicted molar refractivity (Wildman–Crippen MR) is 71.6 cm³/mol. The van der Waals surface area contributed by atoms with Crippen LogP contribution in [0.15, 0.2) is 10.3 Å². The lowest BCUT2D eigenvalue weighted by molar-refractivity contribution is 0.543. The quantitative estimate of drug-likeness (QED) is 0.834. The van der Waals surface area contributed by atoms with Crippen LogP contribution < -0.4 is 10.5 Å². The number of thiophene rings is 1. The minimum Gasteiger partial charge on any atom is -0.326 e. The van der Waals surface area contributed by atoms with Gasteiger partial charge >= 0.3 is 0 Å². The largest absolute Gasteiger partial charge is 0.326 e. The Morgan fingerprint density at radius 1 is 1.53 bits per heavy atom. The summed E-state index contributed by atoms with van der Waals surface area (Å²) >= 11 is 1.40. The Balaban J connectivity index is 3.00.